The summed E-state index contributed by atoms with van der Waals surface area (Å²) in [6.45, 7) is 0. The van der Waals surface area contributed by atoms with Gasteiger partial charge in [-0.3, -0.25) is 0 Å². The number of anilines is 3. The lowest BCUT2D eigenvalue weighted by Crippen LogP contribution is -2.19. The Morgan fingerprint density at radius 2 is 1.63 bits per heavy atom. The largest absolute Gasteiger partial charge is 0.398 e. The highest BCUT2D eigenvalue weighted by Crippen LogP contribution is 2.23. The number of carbonyl (C=O) groups is 1. The Morgan fingerprint density at radius 1 is 1.05 bits per heavy atom. The monoisotopic (exact) mass is 339 g/mol. The molecule has 19 heavy (non-hydrogen) atoms. The second-order valence-corrected chi connectivity index (χ2v) is 5.11. The number of rotatable bonds is 2. The molecule has 0 aliphatic rings. The van der Waals surface area contributed by atoms with Crippen molar-refractivity contribution in [2.24, 2.45) is 0 Å². The van der Waals surface area contributed by atoms with E-state index >= 15 is 0 Å². The van der Waals surface area contributed by atoms with E-state index in [9.17, 15) is 4.79 Å². The fourth-order valence-corrected chi connectivity index (χ4v) is 1.94. The van der Waals surface area contributed by atoms with Crippen LogP contribution in [0.25, 0.3) is 0 Å². The molecule has 0 bridgehead atoms. The van der Waals surface area contributed by atoms with Gasteiger partial charge >= 0.3 is 6.03 Å². The first-order valence-electron chi connectivity index (χ1n) is 5.43. The fourth-order valence-electron chi connectivity index (χ4n) is 1.43. The minimum atomic E-state index is -0.334. The Labute approximate surface area is 124 Å². The van der Waals surface area contributed by atoms with Crippen molar-refractivity contribution in [2.75, 3.05) is 16.4 Å². The summed E-state index contributed by atoms with van der Waals surface area (Å²) in [5.74, 6) is 0. The molecule has 4 nitrogen and oxygen atoms in total. The normalized spacial score (nSPS) is 10.0. The third kappa shape index (κ3) is 3.87. The highest BCUT2D eigenvalue weighted by molar-refractivity contribution is 9.10. The maximum Gasteiger partial charge on any atom is 0.323 e. The molecule has 0 saturated heterocycles. The Balaban J connectivity index is 2.01. The molecule has 0 radical (unpaired) electrons. The standard InChI is InChI=1S/C13H11BrClN3O/c14-11-7-10(5-6-12(11)16)18-13(19)17-9-3-1-8(15)2-4-9/h1-7H,16H2,(H2,17,18,19). The van der Waals surface area contributed by atoms with Gasteiger partial charge in [-0.05, 0) is 58.4 Å². The Kier molecular flexibility index (Phi) is 4.29. The predicted octanol–water partition coefficient (Wildman–Crippen LogP) is 4.33. The number of benzene rings is 2. The Morgan fingerprint density at radius 3 is 2.26 bits per heavy atom. The van der Waals surface area contributed by atoms with Gasteiger partial charge in [0.25, 0.3) is 0 Å². The van der Waals surface area contributed by atoms with E-state index in [-0.39, 0.29) is 6.03 Å². The summed E-state index contributed by atoms with van der Waals surface area (Å²) >= 11 is 9.06. The van der Waals surface area contributed by atoms with E-state index in [0.29, 0.717) is 22.1 Å². The van der Waals surface area contributed by atoms with Gasteiger partial charge in [0.05, 0.1) is 0 Å². The van der Waals surface area contributed by atoms with Crippen LogP contribution < -0.4 is 16.4 Å². The van der Waals surface area contributed by atoms with Crippen LogP contribution in [-0.4, -0.2) is 6.03 Å². The van der Waals surface area contributed by atoms with Crippen molar-refractivity contribution >= 4 is 50.6 Å². The molecule has 0 saturated carbocycles. The molecule has 0 fully saturated rings. The molecular formula is C13H11BrClN3O. The number of nitrogens with one attached hydrogen (secondary N) is 2. The van der Waals surface area contributed by atoms with E-state index in [1.165, 1.54) is 0 Å². The van der Waals surface area contributed by atoms with Gasteiger partial charge in [-0.25, -0.2) is 4.79 Å². The van der Waals surface area contributed by atoms with Gasteiger partial charge in [0.1, 0.15) is 0 Å². The molecule has 0 aliphatic heterocycles. The molecule has 2 amide bonds. The lowest BCUT2D eigenvalue weighted by atomic mass is 10.3. The van der Waals surface area contributed by atoms with E-state index in [1.807, 2.05) is 0 Å². The van der Waals surface area contributed by atoms with Crippen molar-refractivity contribution in [1.29, 1.82) is 0 Å². The summed E-state index contributed by atoms with van der Waals surface area (Å²) in [7, 11) is 0. The molecular weight excluding hydrogens is 330 g/mol. The predicted molar refractivity (Wildman–Crippen MR) is 82.6 cm³/mol. The van der Waals surface area contributed by atoms with Crippen molar-refractivity contribution in [3.8, 4) is 0 Å². The number of urea groups is 1. The van der Waals surface area contributed by atoms with Crippen molar-refractivity contribution in [3.05, 3.63) is 52.0 Å². The summed E-state index contributed by atoms with van der Waals surface area (Å²) in [6.07, 6.45) is 0. The maximum absolute atomic E-state index is 11.8. The molecule has 0 aromatic heterocycles. The number of hydrogen-bond donors (Lipinski definition) is 3. The van der Waals surface area contributed by atoms with Crippen molar-refractivity contribution in [1.82, 2.24) is 0 Å². The lowest BCUT2D eigenvalue weighted by Gasteiger charge is -2.08. The van der Waals surface area contributed by atoms with Gasteiger partial charge < -0.3 is 16.4 Å². The molecule has 2 aromatic rings. The molecule has 0 atom stereocenters. The first kappa shape index (κ1) is 13.7. The average Bonchev–Trinajstić information content (AvgIpc) is 2.37. The smallest absolute Gasteiger partial charge is 0.323 e. The second-order valence-electron chi connectivity index (χ2n) is 3.82. The minimum absolute atomic E-state index is 0.334. The minimum Gasteiger partial charge on any atom is -0.398 e. The quantitative estimate of drug-likeness (QED) is 0.712. The number of nitrogen functional groups attached to an aromatic ring is 1. The van der Waals surface area contributed by atoms with Gasteiger partial charge in [-0.15, -0.1) is 0 Å². The lowest BCUT2D eigenvalue weighted by molar-refractivity contribution is 0.262. The summed E-state index contributed by atoms with van der Waals surface area (Å²) in [5.41, 5.74) is 7.59. The van der Waals surface area contributed by atoms with Crippen LogP contribution in [0.5, 0.6) is 0 Å². The van der Waals surface area contributed by atoms with Crippen molar-refractivity contribution in [3.63, 3.8) is 0 Å². The summed E-state index contributed by atoms with van der Waals surface area (Å²) in [5, 5.41) is 6.02. The first-order chi connectivity index (χ1) is 9.04. The zero-order chi connectivity index (χ0) is 13.8. The number of halogens is 2. The Bertz CT molecular complexity index is 601. The second kappa shape index (κ2) is 5.95. The van der Waals surface area contributed by atoms with Gasteiger partial charge in [0.15, 0.2) is 0 Å². The van der Waals surface area contributed by atoms with Crippen LogP contribution in [0.4, 0.5) is 21.9 Å². The van der Waals surface area contributed by atoms with Gasteiger partial charge in [0.2, 0.25) is 0 Å². The van der Waals surface area contributed by atoms with Crippen LogP contribution in [0.2, 0.25) is 5.02 Å². The number of carbonyl (C=O) groups excluding carboxylic acids is 1. The SMILES string of the molecule is Nc1ccc(NC(=O)Nc2ccc(Cl)cc2)cc1Br. The van der Waals surface area contributed by atoms with Crippen LogP contribution in [0.1, 0.15) is 0 Å². The van der Waals surface area contributed by atoms with Gasteiger partial charge in [0, 0.05) is 26.6 Å². The summed E-state index contributed by atoms with van der Waals surface area (Å²) < 4.78 is 0.733. The van der Waals surface area contributed by atoms with Crippen LogP contribution >= 0.6 is 27.5 Å². The van der Waals surface area contributed by atoms with E-state index < -0.39 is 0 Å². The first-order valence-corrected chi connectivity index (χ1v) is 6.60. The zero-order valence-electron chi connectivity index (χ0n) is 9.78. The molecule has 98 valence electrons. The highest BCUT2D eigenvalue weighted by atomic mass is 79.9. The molecule has 4 N–H and O–H groups in total. The third-order valence-electron chi connectivity index (χ3n) is 2.36. The third-order valence-corrected chi connectivity index (χ3v) is 3.30. The molecule has 0 aliphatic carbocycles. The Hall–Kier alpha value is -1.72. The molecule has 0 unspecified atom stereocenters. The number of nitrogens with two attached hydrogens (primary N) is 1. The topological polar surface area (TPSA) is 67.1 Å². The van der Waals surface area contributed by atoms with Crippen molar-refractivity contribution < 1.29 is 4.79 Å². The van der Waals surface area contributed by atoms with E-state index in [2.05, 4.69) is 26.6 Å². The summed E-state index contributed by atoms with van der Waals surface area (Å²) in [4.78, 5) is 11.8. The zero-order valence-corrected chi connectivity index (χ0v) is 12.1. The number of amides is 2. The molecule has 0 spiro atoms. The number of hydrogen-bond acceptors (Lipinski definition) is 2. The molecule has 6 heteroatoms. The van der Waals surface area contributed by atoms with Crippen LogP contribution in [-0.2, 0) is 0 Å². The van der Waals surface area contributed by atoms with E-state index in [0.717, 1.165) is 4.47 Å². The molecule has 0 heterocycles. The molecule has 2 rings (SSSR count). The average molecular weight is 341 g/mol. The van der Waals surface area contributed by atoms with Gasteiger partial charge in [-0.1, -0.05) is 11.6 Å². The van der Waals surface area contributed by atoms with Crippen molar-refractivity contribution in [2.45, 2.75) is 0 Å². The summed E-state index contributed by atoms with van der Waals surface area (Å²) in [6, 6.07) is 11.7. The maximum atomic E-state index is 11.8. The van der Waals surface area contributed by atoms with Crippen LogP contribution in [0, 0.1) is 0 Å². The van der Waals surface area contributed by atoms with E-state index in [4.69, 9.17) is 17.3 Å². The van der Waals surface area contributed by atoms with Gasteiger partial charge in [-0.2, -0.15) is 0 Å². The van der Waals surface area contributed by atoms with Crippen LogP contribution in [0.15, 0.2) is 46.9 Å². The fraction of sp³-hybridized carbons (Fsp3) is 0. The highest BCUT2D eigenvalue weighted by Gasteiger charge is 2.04. The molecule has 2 aromatic carbocycles. The van der Waals surface area contributed by atoms with Crippen LogP contribution in [0.3, 0.4) is 0 Å². The van der Waals surface area contributed by atoms with E-state index in [1.54, 1.807) is 42.5 Å².